The lowest BCUT2D eigenvalue weighted by atomic mass is 9.98. The van der Waals surface area contributed by atoms with E-state index in [1.54, 1.807) is 31.4 Å². The first kappa shape index (κ1) is 29.8. The number of likely N-dealkylation sites (N-methyl/N-ethyl adjacent to an activating group) is 1. The number of benzene rings is 1. The van der Waals surface area contributed by atoms with Gasteiger partial charge in [-0.3, -0.25) is 4.79 Å². The first-order chi connectivity index (χ1) is 20.5. The van der Waals surface area contributed by atoms with Gasteiger partial charge in [0.25, 0.3) is 5.56 Å². The van der Waals surface area contributed by atoms with Crippen LogP contribution in [0.5, 0.6) is 5.75 Å². The van der Waals surface area contributed by atoms with Gasteiger partial charge >= 0.3 is 5.92 Å². The van der Waals surface area contributed by atoms with Crippen molar-refractivity contribution in [3.8, 4) is 5.75 Å². The Morgan fingerprint density at radius 2 is 2.07 bits per heavy atom. The van der Waals surface area contributed by atoms with Crippen LogP contribution in [-0.2, 0) is 11.8 Å². The number of rotatable bonds is 8. The fraction of sp³-hybridized carbons (Fsp3) is 0.567. The van der Waals surface area contributed by atoms with Crippen LogP contribution in [0, 0.1) is 11.8 Å². The van der Waals surface area contributed by atoms with E-state index in [1.807, 2.05) is 14.1 Å². The minimum absolute atomic E-state index is 0.0725. The monoisotopic (exact) mass is 617 g/mol. The molecule has 1 saturated carbocycles. The molecule has 2 fully saturated rings. The Labute approximate surface area is 254 Å². The molecule has 3 aliphatic rings. The Balaban J connectivity index is 1.29. The van der Waals surface area contributed by atoms with Gasteiger partial charge in [-0.15, -0.1) is 0 Å². The molecule has 1 saturated heterocycles. The predicted octanol–water partition coefficient (Wildman–Crippen LogP) is 4.74. The van der Waals surface area contributed by atoms with Crippen molar-refractivity contribution in [1.82, 2.24) is 19.4 Å². The molecule has 13 heteroatoms. The normalized spacial score (nSPS) is 23.4. The number of aromatic nitrogens is 3. The van der Waals surface area contributed by atoms with Crippen molar-refractivity contribution in [1.29, 1.82) is 0 Å². The van der Waals surface area contributed by atoms with E-state index in [-0.39, 0.29) is 23.5 Å². The minimum atomic E-state index is -3.11. The molecule has 2 aromatic heterocycles. The van der Waals surface area contributed by atoms with E-state index in [0.29, 0.717) is 65.3 Å². The van der Waals surface area contributed by atoms with Gasteiger partial charge in [-0.1, -0.05) is 18.5 Å². The Morgan fingerprint density at radius 1 is 1.28 bits per heavy atom. The number of alkyl halides is 2. The molecular formula is C30H38ClF2N7O3. The number of ether oxygens (including phenoxy) is 2. The molecule has 10 nitrogen and oxygen atoms in total. The van der Waals surface area contributed by atoms with Crippen molar-refractivity contribution >= 4 is 45.6 Å². The van der Waals surface area contributed by atoms with Crippen molar-refractivity contribution in [2.75, 3.05) is 62.5 Å². The predicted molar refractivity (Wildman–Crippen MR) is 164 cm³/mol. The van der Waals surface area contributed by atoms with Crippen LogP contribution in [0.15, 0.2) is 29.2 Å². The molecule has 0 unspecified atom stereocenters. The second-order valence-electron chi connectivity index (χ2n) is 12.3. The number of piperidine rings is 1. The summed E-state index contributed by atoms with van der Waals surface area (Å²) in [7, 11) is 5.65. The van der Waals surface area contributed by atoms with Crippen molar-refractivity contribution in [2.24, 2.45) is 18.9 Å². The summed E-state index contributed by atoms with van der Waals surface area (Å²) in [6, 6.07) is 4.26. The number of anilines is 4. The molecule has 4 heterocycles. The lowest BCUT2D eigenvalue weighted by molar-refractivity contribution is -0.0579. The van der Waals surface area contributed by atoms with Crippen LogP contribution in [0.2, 0.25) is 5.02 Å². The fourth-order valence-electron chi connectivity index (χ4n) is 6.00. The number of aryl methyl sites for hydroxylation is 1. The molecule has 3 aromatic rings. The smallest absolute Gasteiger partial charge is 0.301 e. The van der Waals surface area contributed by atoms with Crippen molar-refractivity contribution in [3.05, 3.63) is 39.8 Å². The van der Waals surface area contributed by atoms with E-state index >= 15 is 8.78 Å². The number of hydrogen-bond acceptors (Lipinski definition) is 9. The molecule has 0 radical (unpaired) electrons. The van der Waals surface area contributed by atoms with E-state index in [1.165, 1.54) is 4.57 Å². The molecule has 0 bridgehead atoms. The maximum atomic E-state index is 15.0. The van der Waals surface area contributed by atoms with Gasteiger partial charge in [0.05, 0.1) is 36.2 Å². The Morgan fingerprint density at radius 3 is 2.81 bits per heavy atom. The Bertz CT molecular complexity index is 1560. The summed E-state index contributed by atoms with van der Waals surface area (Å²) in [6.45, 7) is 4.32. The third-order valence-corrected chi connectivity index (χ3v) is 8.68. The maximum absolute atomic E-state index is 15.0. The average Bonchev–Trinajstić information content (AvgIpc) is 3.80. The van der Waals surface area contributed by atoms with Gasteiger partial charge in [-0.2, -0.15) is 4.98 Å². The lowest BCUT2D eigenvalue weighted by Gasteiger charge is -2.36. The topological polar surface area (TPSA) is 96.8 Å². The molecule has 232 valence electrons. The molecule has 6 rings (SSSR count). The van der Waals surface area contributed by atoms with Gasteiger partial charge in [-0.25, -0.2) is 13.8 Å². The average molecular weight is 618 g/mol. The van der Waals surface area contributed by atoms with Gasteiger partial charge < -0.3 is 34.5 Å². The first-order valence-corrected chi connectivity index (χ1v) is 15.1. The molecule has 2 aliphatic heterocycles. The minimum Gasteiger partial charge on any atom is -0.480 e. The van der Waals surface area contributed by atoms with Crippen LogP contribution in [0.4, 0.5) is 31.9 Å². The highest BCUT2D eigenvalue weighted by Gasteiger charge is 2.51. The van der Waals surface area contributed by atoms with Gasteiger partial charge in [-0.05, 0) is 63.4 Å². The summed E-state index contributed by atoms with van der Waals surface area (Å²) < 4.78 is 43.1. The quantitative estimate of drug-likeness (QED) is 0.372. The SMILES string of the molecule is C[C@H]1C[C@@H](OCCN(C)C)CN(c2ncc(Cl)c(Nc3ccc4c(c3)c3c(c(=O)n4C)OCC(F)(F)[C@H](C4CC4)N3)n2)C1. The Kier molecular flexibility index (Phi) is 8.12. The lowest BCUT2D eigenvalue weighted by Crippen LogP contribution is -2.45. The number of nitrogens with zero attached hydrogens (tertiary/aromatic N) is 5. The van der Waals surface area contributed by atoms with Crippen LogP contribution in [0.25, 0.3) is 10.9 Å². The first-order valence-electron chi connectivity index (χ1n) is 14.7. The summed E-state index contributed by atoms with van der Waals surface area (Å²) in [5.41, 5.74) is 1.03. The highest BCUT2D eigenvalue weighted by Crippen LogP contribution is 2.45. The van der Waals surface area contributed by atoms with Crippen LogP contribution < -0.4 is 25.8 Å². The van der Waals surface area contributed by atoms with Crippen LogP contribution in [-0.4, -0.2) is 84.4 Å². The summed E-state index contributed by atoms with van der Waals surface area (Å²) in [4.78, 5) is 26.6. The van der Waals surface area contributed by atoms with Crippen LogP contribution in [0.3, 0.4) is 0 Å². The highest BCUT2D eigenvalue weighted by molar-refractivity contribution is 6.33. The number of pyridine rings is 1. The maximum Gasteiger partial charge on any atom is 0.301 e. The van der Waals surface area contributed by atoms with Crippen molar-refractivity contribution in [2.45, 2.75) is 44.3 Å². The molecule has 1 aliphatic carbocycles. The summed E-state index contributed by atoms with van der Waals surface area (Å²) in [6.07, 6.45) is 4.04. The summed E-state index contributed by atoms with van der Waals surface area (Å²) in [5.74, 6) is -2.02. The van der Waals surface area contributed by atoms with E-state index in [2.05, 4.69) is 32.3 Å². The van der Waals surface area contributed by atoms with Crippen LogP contribution >= 0.6 is 11.6 Å². The van der Waals surface area contributed by atoms with Gasteiger partial charge in [0, 0.05) is 37.8 Å². The molecule has 0 spiro atoms. The molecule has 0 amide bonds. The zero-order valence-electron chi connectivity index (χ0n) is 24.9. The zero-order chi connectivity index (χ0) is 30.5. The highest BCUT2D eigenvalue weighted by atomic mass is 35.5. The van der Waals surface area contributed by atoms with Gasteiger partial charge in [0.1, 0.15) is 5.02 Å². The molecular weight excluding hydrogens is 580 g/mol. The number of hydrogen-bond donors (Lipinski definition) is 2. The molecule has 3 atom stereocenters. The zero-order valence-corrected chi connectivity index (χ0v) is 25.6. The summed E-state index contributed by atoms with van der Waals surface area (Å²) in [5, 5.41) is 7.22. The van der Waals surface area contributed by atoms with E-state index < -0.39 is 24.1 Å². The number of nitrogens with one attached hydrogen (secondary N) is 2. The van der Waals surface area contributed by atoms with Crippen molar-refractivity contribution < 1.29 is 18.3 Å². The van der Waals surface area contributed by atoms with E-state index in [0.717, 1.165) is 19.5 Å². The molecule has 2 N–H and O–H groups in total. The van der Waals surface area contributed by atoms with Gasteiger partial charge in [0.2, 0.25) is 11.7 Å². The second-order valence-corrected chi connectivity index (χ2v) is 12.8. The van der Waals surface area contributed by atoms with Crippen molar-refractivity contribution in [3.63, 3.8) is 0 Å². The molecule has 1 aromatic carbocycles. The molecule has 43 heavy (non-hydrogen) atoms. The Hall–Kier alpha value is -3.22. The van der Waals surface area contributed by atoms with E-state index in [4.69, 9.17) is 26.1 Å². The second kappa shape index (κ2) is 11.7. The largest absolute Gasteiger partial charge is 0.480 e. The van der Waals surface area contributed by atoms with Crippen LogP contribution in [0.1, 0.15) is 26.2 Å². The number of fused-ring (bicyclic) bond motifs is 3. The van der Waals surface area contributed by atoms with E-state index in [9.17, 15) is 4.79 Å². The fourth-order valence-corrected chi connectivity index (χ4v) is 6.14. The third-order valence-electron chi connectivity index (χ3n) is 8.40. The number of halogens is 3. The van der Waals surface area contributed by atoms with Gasteiger partial charge in [0.15, 0.2) is 12.4 Å². The standard InChI is InChI=1S/C30H38ClF2N7O3/c1-17-11-20(42-10-9-38(2)3)15-40(14-17)29-34-13-22(31)27(37-29)35-19-7-8-23-21(12-19)24-25(28(41)39(23)4)43-16-30(32,33)26(36-24)18-5-6-18/h7-8,12-13,17-18,20,26,36H,5-6,9-11,14-16H2,1-4H3,(H,34,35,37)/t17-,20+,26-/m0/s1. The summed E-state index contributed by atoms with van der Waals surface area (Å²) >= 11 is 6.54. The third kappa shape index (κ3) is 6.23.